The molecule has 1 saturated carbocycles. The van der Waals surface area contributed by atoms with Crippen LogP contribution in [0.15, 0.2) is 42.5 Å². The molecule has 0 unspecified atom stereocenters. The number of benzene rings is 2. The van der Waals surface area contributed by atoms with Crippen LogP contribution in [0.2, 0.25) is 0 Å². The Kier molecular flexibility index (Phi) is 6.67. The van der Waals surface area contributed by atoms with Crippen LogP contribution in [0.5, 0.6) is 11.5 Å². The first-order valence-corrected chi connectivity index (χ1v) is 9.61. The van der Waals surface area contributed by atoms with Gasteiger partial charge in [-0.3, -0.25) is 4.79 Å². The molecule has 156 valence electrons. The Balaban J connectivity index is 1.66. The summed E-state index contributed by atoms with van der Waals surface area (Å²) in [5.74, 6) is -0.230. The van der Waals surface area contributed by atoms with Gasteiger partial charge in [0.25, 0.3) is 0 Å². The van der Waals surface area contributed by atoms with Crippen LogP contribution in [0.25, 0.3) is 0 Å². The fraction of sp³-hybridized carbons (Fsp3) is 0.409. The lowest BCUT2D eigenvalue weighted by atomic mass is 9.78. The molecule has 2 aromatic carbocycles. The molecular formula is C22H24F3NO3. The summed E-state index contributed by atoms with van der Waals surface area (Å²) < 4.78 is 47.9. The monoisotopic (exact) mass is 407 g/mol. The van der Waals surface area contributed by atoms with E-state index in [0.717, 1.165) is 36.8 Å². The molecular weight excluding hydrogens is 383 g/mol. The average molecular weight is 407 g/mol. The fourth-order valence-electron chi connectivity index (χ4n) is 3.95. The third kappa shape index (κ3) is 4.83. The maximum Gasteiger partial charge on any atom is 0.387 e. The van der Waals surface area contributed by atoms with Crippen LogP contribution in [0.3, 0.4) is 0 Å². The molecule has 1 amide bonds. The van der Waals surface area contributed by atoms with Crippen molar-refractivity contribution >= 4 is 5.91 Å². The highest BCUT2D eigenvalue weighted by Gasteiger charge is 2.42. The lowest BCUT2D eigenvalue weighted by molar-refractivity contribution is -0.126. The summed E-state index contributed by atoms with van der Waals surface area (Å²) in [6, 6.07) is 10.9. The minimum Gasteiger partial charge on any atom is -0.493 e. The maximum absolute atomic E-state index is 13.3. The number of carbonyl (C=O) groups excluding carboxylic acids is 1. The first-order chi connectivity index (χ1) is 13.9. The number of rotatable bonds is 8. The van der Waals surface area contributed by atoms with Gasteiger partial charge in [-0.2, -0.15) is 8.78 Å². The first-order valence-electron chi connectivity index (χ1n) is 9.61. The minimum atomic E-state index is -2.95. The van der Waals surface area contributed by atoms with Crippen molar-refractivity contribution in [3.05, 3.63) is 59.4 Å². The van der Waals surface area contributed by atoms with Crippen LogP contribution in [-0.4, -0.2) is 26.2 Å². The number of carbonyl (C=O) groups is 1. The normalized spacial score (nSPS) is 15.3. The summed E-state index contributed by atoms with van der Waals surface area (Å²) in [7, 11) is 1.38. The molecule has 1 N–H and O–H groups in total. The van der Waals surface area contributed by atoms with Gasteiger partial charge in [-0.15, -0.1) is 0 Å². The van der Waals surface area contributed by atoms with Crippen LogP contribution < -0.4 is 14.8 Å². The second-order valence-corrected chi connectivity index (χ2v) is 7.17. The van der Waals surface area contributed by atoms with Crippen molar-refractivity contribution in [2.45, 2.75) is 44.1 Å². The lowest BCUT2D eigenvalue weighted by Gasteiger charge is -2.28. The number of hydrogen-bond acceptors (Lipinski definition) is 3. The van der Waals surface area contributed by atoms with Gasteiger partial charge in [0.2, 0.25) is 5.91 Å². The van der Waals surface area contributed by atoms with E-state index in [1.165, 1.54) is 25.3 Å². The smallest absolute Gasteiger partial charge is 0.387 e. The summed E-state index contributed by atoms with van der Waals surface area (Å²) >= 11 is 0. The van der Waals surface area contributed by atoms with Crippen LogP contribution in [0, 0.1) is 5.82 Å². The summed E-state index contributed by atoms with van der Waals surface area (Å²) in [5.41, 5.74) is 0.923. The number of nitrogens with one attached hydrogen (secondary N) is 1. The number of methoxy groups -OCH3 is 1. The zero-order chi connectivity index (χ0) is 20.9. The van der Waals surface area contributed by atoms with Gasteiger partial charge in [0.05, 0.1) is 12.5 Å². The number of halogens is 3. The van der Waals surface area contributed by atoms with Gasteiger partial charge in [-0.1, -0.05) is 31.0 Å². The summed E-state index contributed by atoms with van der Waals surface area (Å²) in [6.07, 6.45) is 3.78. The Bertz CT molecular complexity index is 834. The van der Waals surface area contributed by atoms with E-state index in [1.807, 2.05) is 0 Å². The van der Waals surface area contributed by atoms with Gasteiger partial charge in [-0.05, 0) is 54.7 Å². The van der Waals surface area contributed by atoms with Crippen LogP contribution >= 0.6 is 0 Å². The van der Waals surface area contributed by atoms with Crippen molar-refractivity contribution in [1.82, 2.24) is 5.32 Å². The summed E-state index contributed by atoms with van der Waals surface area (Å²) in [5, 5.41) is 2.96. The van der Waals surface area contributed by atoms with Gasteiger partial charge in [0.15, 0.2) is 11.5 Å². The predicted molar refractivity (Wildman–Crippen MR) is 103 cm³/mol. The molecule has 0 spiro atoms. The van der Waals surface area contributed by atoms with Crippen LogP contribution in [0.1, 0.15) is 36.8 Å². The average Bonchev–Trinajstić information content (AvgIpc) is 3.19. The van der Waals surface area contributed by atoms with Crippen molar-refractivity contribution in [1.29, 1.82) is 0 Å². The molecule has 0 atom stereocenters. The summed E-state index contributed by atoms with van der Waals surface area (Å²) in [4.78, 5) is 13.0. The van der Waals surface area contributed by atoms with Gasteiger partial charge < -0.3 is 14.8 Å². The largest absolute Gasteiger partial charge is 0.493 e. The standard InChI is InChI=1S/C22H24F3NO3/c1-28-18-9-4-15(14-19(18)29-21(24)25)10-13-26-20(27)22(11-2-3-12-22)16-5-7-17(23)8-6-16/h4-9,14,21H,2-3,10-13H2,1H3,(H,26,27). The Morgan fingerprint density at radius 3 is 2.41 bits per heavy atom. The van der Waals surface area contributed by atoms with Gasteiger partial charge in [0.1, 0.15) is 5.82 Å². The Morgan fingerprint density at radius 1 is 1.10 bits per heavy atom. The third-order valence-electron chi connectivity index (χ3n) is 5.43. The van der Waals surface area contributed by atoms with E-state index in [9.17, 15) is 18.0 Å². The molecule has 29 heavy (non-hydrogen) atoms. The SMILES string of the molecule is COc1ccc(CCNC(=O)C2(c3ccc(F)cc3)CCCC2)cc1OC(F)F. The molecule has 7 heteroatoms. The van der Waals surface area contributed by atoms with E-state index in [-0.39, 0.29) is 23.2 Å². The molecule has 1 fully saturated rings. The molecule has 1 aliphatic carbocycles. The van der Waals surface area contributed by atoms with E-state index in [2.05, 4.69) is 10.1 Å². The molecule has 1 aliphatic rings. The van der Waals surface area contributed by atoms with Crippen molar-refractivity contribution in [2.24, 2.45) is 0 Å². The van der Waals surface area contributed by atoms with Gasteiger partial charge in [0, 0.05) is 6.54 Å². The van der Waals surface area contributed by atoms with E-state index in [0.29, 0.717) is 13.0 Å². The minimum absolute atomic E-state index is 0.0371. The van der Waals surface area contributed by atoms with Gasteiger partial charge >= 0.3 is 6.61 Å². The van der Waals surface area contributed by atoms with Crippen molar-refractivity contribution in [3.8, 4) is 11.5 Å². The van der Waals surface area contributed by atoms with Crippen LogP contribution in [-0.2, 0) is 16.6 Å². The van der Waals surface area contributed by atoms with E-state index >= 15 is 0 Å². The van der Waals surface area contributed by atoms with Gasteiger partial charge in [-0.25, -0.2) is 4.39 Å². The topological polar surface area (TPSA) is 47.6 Å². The summed E-state index contributed by atoms with van der Waals surface area (Å²) in [6.45, 7) is -2.60. The highest BCUT2D eigenvalue weighted by molar-refractivity contribution is 5.88. The maximum atomic E-state index is 13.3. The second kappa shape index (κ2) is 9.20. The number of amides is 1. The number of ether oxygens (including phenoxy) is 2. The molecule has 3 rings (SSSR count). The highest BCUT2D eigenvalue weighted by atomic mass is 19.3. The molecule has 0 aliphatic heterocycles. The zero-order valence-corrected chi connectivity index (χ0v) is 16.2. The Morgan fingerprint density at radius 2 is 1.79 bits per heavy atom. The number of alkyl halides is 2. The van der Waals surface area contributed by atoms with Crippen LogP contribution in [0.4, 0.5) is 13.2 Å². The molecule has 0 aromatic heterocycles. The molecule has 2 aromatic rings. The zero-order valence-electron chi connectivity index (χ0n) is 16.2. The number of hydrogen-bond donors (Lipinski definition) is 1. The fourth-order valence-corrected chi connectivity index (χ4v) is 3.95. The highest BCUT2D eigenvalue weighted by Crippen LogP contribution is 2.41. The lowest BCUT2D eigenvalue weighted by Crippen LogP contribution is -2.43. The van der Waals surface area contributed by atoms with E-state index in [4.69, 9.17) is 4.74 Å². The molecule has 4 nitrogen and oxygen atoms in total. The first kappa shape index (κ1) is 21.0. The molecule has 0 bridgehead atoms. The van der Waals surface area contributed by atoms with Crippen molar-refractivity contribution < 1.29 is 27.4 Å². The van der Waals surface area contributed by atoms with E-state index in [1.54, 1.807) is 24.3 Å². The Hall–Kier alpha value is -2.70. The quantitative estimate of drug-likeness (QED) is 0.695. The third-order valence-corrected chi connectivity index (χ3v) is 5.43. The molecule has 0 radical (unpaired) electrons. The van der Waals surface area contributed by atoms with Crippen molar-refractivity contribution in [3.63, 3.8) is 0 Å². The second-order valence-electron chi connectivity index (χ2n) is 7.17. The molecule has 0 heterocycles. The Labute approximate surface area is 168 Å². The van der Waals surface area contributed by atoms with Crippen molar-refractivity contribution in [2.75, 3.05) is 13.7 Å². The predicted octanol–water partition coefficient (Wildman–Crippen LogP) is 4.61. The van der Waals surface area contributed by atoms with E-state index < -0.39 is 12.0 Å². The molecule has 0 saturated heterocycles.